The zero-order valence-electron chi connectivity index (χ0n) is 19.9. The van der Waals surface area contributed by atoms with Crippen LogP contribution in [0.4, 0.5) is 0 Å². The molecular formula is C28H30Cl2N2O3. The van der Waals surface area contributed by atoms with Gasteiger partial charge in [0.25, 0.3) is 5.91 Å². The van der Waals surface area contributed by atoms with E-state index in [4.69, 9.17) is 27.9 Å². The predicted molar refractivity (Wildman–Crippen MR) is 141 cm³/mol. The fourth-order valence-electron chi connectivity index (χ4n) is 3.59. The summed E-state index contributed by atoms with van der Waals surface area (Å²) in [7, 11) is 0. The zero-order chi connectivity index (χ0) is 25.2. The fourth-order valence-corrected chi connectivity index (χ4v) is 3.98. The minimum atomic E-state index is -0.759. The Labute approximate surface area is 217 Å². The monoisotopic (exact) mass is 512 g/mol. The number of halogens is 2. The molecule has 0 heterocycles. The highest BCUT2D eigenvalue weighted by Gasteiger charge is 2.31. The highest BCUT2D eigenvalue weighted by atomic mass is 35.5. The van der Waals surface area contributed by atoms with E-state index in [0.717, 1.165) is 17.5 Å². The Morgan fingerprint density at radius 3 is 2.20 bits per heavy atom. The number of benzene rings is 3. The van der Waals surface area contributed by atoms with Gasteiger partial charge in [-0.25, -0.2) is 0 Å². The molecule has 0 saturated heterocycles. The van der Waals surface area contributed by atoms with Crippen molar-refractivity contribution in [1.82, 2.24) is 10.2 Å². The highest BCUT2D eigenvalue weighted by Crippen LogP contribution is 2.24. The van der Waals surface area contributed by atoms with Gasteiger partial charge in [-0.3, -0.25) is 9.59 Å². The molecule has 2 unspecified atom stereocenters. The molecule has 1 N–H and O–H groups in total. The first kappa shape index (κ1) is 26.6. The van der Waals surface area contributed by atoms with Gasteiger partial charge < -0.3 is 15.0 Å². The van der Waals surface area contributed by atoms with Crippen LogP contribution in [0.1, 0.15) is 31.4 Å². The largest absolute Gasteiger partial charge is 0.482 e. The molecule has 2 amide bonds. The molecule has 184 valence electrons. The summed E-state index contributed by atoms with van der Waals surface area (Å²) < 4.78 is 5.74. The Balaban J connectivity index is 1.93. The van der Waals surface area contributed by atoms with Crippen molar-refractivity contribution in [1.29, 1.82) is 0 Å². The van der Waals surface area contributed by atoms with Gasteiger partial charge in [-0.15, -0.1) is 0 Å². The van der Waals surface area contributed by atoms with Crippen LogP contribution in [0.5, 0.6) is 5.75 Å². The maximum atomic E-state index is 13.6. The van der Waals surface area contributed by atoms with Gasteiger partial charge in [0.15, 0.2) is 6.61 Å². The van der Waals surface area contributed by atoms with Crippen molar-refractivity contribution < 1.29 is 14.3 Å². The maximum absolute atomic E-state index is 13.6. The second-order valence-electron chi connectivity index (χ2n) is 8.36. The van der Waals surface area contributed by atoms with Gasteiger partial charge in [0.05, 0.1) is 5.02 Å². The molecule has 0 aliphatic carbocycles. The predicted octanol–water partition coefficient (Wildman–Crippen LogP) is 5.93. The number of hydrogen-bond acceptors (Lipinski definition) is 3. The number of rotatable bonds is 11. The van der Waals surface area contributed by atoms with Crippen LogP contribution < -0.4 is 10.1 Å². The molecule has 0 radical (unpaired) electrons. The molecule has 5 nitrogen and oxygen atoms in total. The lowest BCUT2D eigenvalue weighted by Crippen LogP contribution is -2.53. The van der Waals surface area contributed by atoms with Crippen LogP contribution in [0.15, 0.2) is 78.9 Å². The molecule has 0 bridgehead atoms. The van der Waals surface area contributed by atoms with Gasteiger partial charge in [-0.2, -0.15) is 0 Å². The Bertz CT molecular complexity index is 1120. The van der Waals surface area contributed by atoms with Crippen LogP contribution in [0.2, 0.25) is 10.0 Å². The average molecular weight is 513 g/mol. The number of ether oxygens (including phenoxy) is 1. The lowest BCUT2D eigenvalue weighted by Gasteiger charge is -2.32. The molecular weight excluding hydrogens is 483 g/mol. The Morgan fingerprint density at radius 1 is 0.914 bits per heavy atom. The summed E-state index contributed by atoms with van der Waals surface area (Å²) in [6.07, 6.45) is 1.13. The van der Waals surface area contributed by atoms with Gasteiger partial charge in [-0.05, 0) is 42.7 Å². The molecule has 0 aliphatic heterocycles. The molecule has 0 fully saturated rings. The Kier molecular flexibility index (Phi) is 10.0. The van der Waals surface area contributed by atoms with E-state index in [9.17, 15) is 9.59 Å². The van der Waals surface area contributed by atoms with E-state index in [1.807, 2.05) is 62.4 Å². The molecule has 2 atom stereocenters. The standard InChI is InChI=1S/C28H30Cl2N2O3/c1-3-20(2)31-28(34)25(17-21-11-5-4-6-12-21)32(18-22-13-7-8-14-23(22)29)27(33)19-35-26-16-10-9-15-24(26)30/h4-16,20,25H,3,17-19H2,1-2H3,(H,31,34). The molecule has 35 heavy (non-hydrogen) atoms. The minimum absolute atomic E-state index is 0.0302. The number of carbonyl (C=O) groups excluding carboxylic acids is 2. The van der Waals surface area contributed by atoms with Crippen LogP contribution >= 0.6 is 23.2 Å². The number of nitrogens with zero attached hydrogens (tertiary/aromatic N) is 1. The van der Waals surface area contributed by atoms with E-state index >= 15 is 0 Å². The summed E-state index contributed by atoms with van der Waals surface area (Å²) in [5.74, 6) is -0.157. The highest BCUT2D eigenvalue weighted by molar-refractivity contribution is 6.32. The number of nitrogens with one attached hydrogen (secondary N) is 1. The van der Waals surface area contributed by atoms with Crippen LogP contribution in [0.25, 0.3) is 0 Å². The average Bonchev–Trinajstić information content (AvgIpc) is 2.87. The van der Waals surface area contributed by atoms with E-state index in [-0.39, 0.29) is 31.0 Å². The number of carbonyl (C=O) groups is 2. The molecule has 0 aliphatic rings. The lowest BCUT2D eigenvalue weighted by atomic mass is 10.0. The molecule has 0 spiro atoms. The topological polar surface area (TPSA) is 58.6 Å². The molecule has 7 heteroatoms. The van der Waals surface area contributed by atoms with E-state index in [2.05, 4.69) is 5.32 Å². The third-order valence-corrected chi connectivity index (χ3v) is 6.44. The van der Waals surface area contributed by atoms with Crippen molar-refractivity contribution in [3.8, 4) is 5.75 Å². The summed E-state index contributed by atoms with van der Waals surface area (Å²) >= 11 is 12.6. The first-order valence-electron chi connectivity index (χ1n) is 11.6. The SMILES string of the molecule is CCC(C)NC(=O)C(Cc1ccccc1)N(Cc1ccccc1Cl)C(=O)COc1ccccc1Cl. The van der Waals surface area contributed by atoms with Crippen molar-refractivity contribution in [2.75, 3.05) is 6.61 Å². The normalized spacial score (nSPS) is 12.5. The second-order valence-corrected chi connectivity index (χ2v) is 9.17. The van der Waals surface area contributed by atoms with Gasteiger partial charge in [0.2, 0.25) is 5.91 Å². The minimum Gasteiger partial charge on any atom is -0.482 e. The first-order valence-corrected chi connectivity index (χ1v) is 12.4. The number of amides is 2. The summed E-state index contributed by atoms with van der Waals surface area (Å²) in [4.78, 5) is 28.6. The van der Waals surface area contributed by atoms with Crippen LogP contribution in [0.3, 0.4) is 0 Å². The van der Waals surface area contributed by atoms with E-state index in [1.165, 1.54) is 0 Å². The van der Waals surface area contributed by atoms with Crippen LogP contribution in [0, 0.1) is 0 Å². The Morgan fingerprint density at radius 2 is 1.54 bits per heavy atom. The summed E-state index contributed by atoms with van der Waals surface area (Å²) in [6.45, 7) is 3.84. The molecule has 3 aromatic carbocycles. The molecule has 0 saturated carbocycles. The third kappa shape index (κ3) is 7.74. The van der Waals surface area contributed by atoms with Crippen molar-refractivity contribution >= 4 is 35.0 Å². The van der Waals surface area contributed by atoms with Crippen LogP contribution in [-0.2, 0) is 22.6 Å². The second kappa shape index (κ2) is 13.2. The van der Waals surface area contributed by atoms with Crippen molar-refractivity contribution in [2.45, 2.75) is 45.3 Å². The van der Waals surface area contributed by atoms with E-state index in [1.54, 1.807) is 35.2 Å². The van der Waals surface area contributed by atoms with E-state index < -0.39 is 6.04 Å². The number of para-hydroxylation sites is 1. The van der Waals surface area contributed by atoms with Crippen molar-refractivity contribution in [2.24, 2.45) is 0 Å². The van der Waals surface area contributed by atoms with Crippen LogP contribution in [-0.4, -0.2) is 35.4 Å². The molecule has 3 aromatic rings. The lowest BCUT2D eigenvalue weighted by molar-refractivity contribution is -0.143. The Hall–Kier alpha value is -3.02. The number of hydrogen-bond donors (Lipinski definition) is 1. The zero-order valence-corrected chi connectivity index (χ0v) is 21.4. The van der Waals surface area contributed by atoms with Gasteiger partial charge in [-0.1, -0.05) is 90.8 Å². The smallest absolute Gasteiger partial charge is 0.261 e. The summed E-state index contributed by atoms with van der Waals surface area (Å²) in [5.41, 5.74) is 1.69. The summed E-state index contributed by atoms with van der Waals surface area (Å²) in [5, 5.41) is 3.98. The molecule has 3 rings (SSSR count). The first-order chi connectivity index (χ1) is 16.9. The third-order valence-electron chi connectivity index (χ3n) is 5.76. The summed E-state index contributed by atoms with van der Waals surface area (Å²) in [6, 6.07) is 23.1. The van der Waals surface area contributed by atoms with E-state index in [0.29, 0.717) is 22.2 Å². The fraction of sp³-hybridized carbons (Fsp3) is 0.286. The van der Waals surface area contributed by atoms with Gasteiger partial charge >= 0.3 is 0 Å². The molecule has 0 aromatic heterocycles. The van der Waals surface area contributed by atoms with Crippen molar-refractivity contribution in [3.05, 3.63) is 100 Å². The van der Waals surface area contributed by atoms with Gasteiger partial charge in [0.1, 0.15) is 11.8 Å². The van der Waals surface area contributed by atoms with Crippen molar-refractivity contribution in [3.63, 3.8) is 0 Å². The van der Waals surface area contributed by atoms with Gasteiger partial charge in [0, 0.05) is 24.0 Å². The maximum Gasteiger partial charge on any atom is 0.261 e. The quantitative estimate of drug-likeness (QED) is 0.346.